The van der Waals surface area contributed by atoms with E-state index in [1.54, 1.807) is 24.5 Å². The van der Waals surface area contributed by atoms with Crippen LogP contribution in [0, 0.1) is 13.8 Å². The largest absolute Gasteiger partial charge is 0.411 e. The van der Waals surface area contributed by atoms with Gasteiger partial charge in [0.15, 0.2) is 5.82 Å². The van der Waals surface area contributed by atoms with Crippen molar-refractivity contribution in [2.45, 2.75) is 37.7 Å². The first-order valence-corrected chi connectivity index (χ1v) is 10.6. The molecular formula is C21H20N6O3S. The van der Waals surface area contributed by atoms with Crippen LogP contribution in [0.2, 0.25) is 0 Å². The number of amides is 1. The second-order valence-electron chi connectivity index (χ2n) is 6.93. The zero-order chi connectivity index (χ0) is 21.6. The Balaban J connectivity index is 1.26. The van der Waals surface area contributed by atoms with Gasteiger partial charge < -0.3 is 14.3 Å². The molecule has 0 fully saturated rings. The predicted molar refractivity (Wildman–Crippen MR) is 114 cm³/mol. The van der Waals surface area contributed by atoms with E-state index in [0.717, 1.165) is 22.4 Å². The summed E-state index contributed by atoms with van der Waals surface area (Å²) in [5, 5.41) is 15.3. The number of rotatable bonds is 8. The predicted octanol–water partition coefficient (Wildman–Crippen LogP) is 4.00. The van der Waals surface area contributed by atoms with E-state index >= 15 is 0 Å². The molecule has 0 aliphatic heterocycles. The van der Waals surface area contributed by atoms with Crippen LogP contribution in [-0.4, -0.2) is 31.2 Å². The van der Waals surface area contributed by atoms with E-state index in [4.69, 9.17) is 8.94 Å². The minimum Gasteiger partial charge on any atom is -0.411 e. The molecule has 1 amide bonds. The lowest BCUT2D eigenvalue weighted by Gasteiger charge is -2.06. The third kappa shape index (κ3) is 5.76. The molecule has 1 N–H and O–H groups in total. The Bertz CT molecular complexity index is 1150. The monoisotopic (exact) mass is 436 g/mol. The van der Waals surface area contributed by atoms with E-state index < -0.39 is 0 Å². The average Bonchev–Trinajstić information content (AvgIpc) is 3.40. The summed E-state index contributed by atoms with van der Waals surface area (Å²) in [5.74, 6) is 1.64. The van der Waals surface area contributed by atoms with Crippen LogP contribution in [0.25, 0.3) is 11.5 Å². The zero-order valence-corrected chi connectivity index (χ0v) is 17.8. The SMILES string of the molecule is Cc1cc(C)cc(NC(=O)CCc2nc(CSc3nnc(-c4ccncc4)o3)no2)c1. The fraction of sp³-hybridized carbons (Fsp3) is 0.238. The highest BCUT2D eigenvalue weighted by molar-refractivity contribution is 7.98. The van der Waals surface area contributed by atoms with Gasteiger partial charge in [-0.05, 0) is 49.2 Å². The number of carbonyl (C=O) groups is 1. The number of nitrogens with zero attached hydrogens (tertiary/aromatic N) is 5. The van der Waals surface area contributed by atoms with Crippen molar-refractivity contribution >= 4 is 23.4 Å². The number of thioether (sulfide) groups is 1. The third-order valence-electron chi connectivity index (χ3n) is 4.24. The lowest BCUT2D eigenvalue weighted by molar-refractivity contribution is -0.116. The summed E-state index contributed by atoms with van der Waals surface area (Å²) < 4.78 is 10.9. The van der Waals surface area contributed by atoms with Crippen LogP contribution < -0.4 is 5.32 Å². The number of aromatic nitrogens is 5. The molecule has 3 heterocycles. The second kappa shape index (κ2) is 9.52. The smallest absolute Gasteiger partial charge is 0.277 e. The summed E-state index contributed by atoms with van der Waals surface area (Å²) in [4.78, 5) is 20.5. The number of nitrogens with one attached hydrogen (secondary N) is 1. The van der Waals surface area contributed by atoms with Crippen molar-refractivity contribution in [1.29, 1.82) is 0 Å². The molecule has 31 heavy (non-hydrogen) atoms. The van der Waals surface area contributed by atoms with Gasteiger partial charge in [0.05, 0.1) is 5.75 Å². The van der Waals surface area contributed by atoms with Crippen LogP contribution in [0.15, 0.2) is 56.9 Å². The number of aryl methyl sites for hydroxylation is 3. The Morgan fingerprint density at radius 1 is 1.10 bits per heavy atom. The Morgan fingerprint density at radius 3 is 2.65 bits per heavy atom. The van der Waals surface area contributed by atoms with Gasteiger partial charge in [0.1, 0.15) is 0 Å². The molecule has 9 nitrogen and oxygen atoms in total. The topological polar surface area (TPSA) is 120 Å². The minimum absolute atomic E-state index is 0.103. The second-order valence-corrected chi connectivity index (χ2v) is 7.85. The van der Waals surface area contributed by atoms with E-state index in [1.165, 1.54) is 11.8 Å². The highest BCUT2D eigenvalue weighted by atomic mass is 32.2. The number of pyridine rings is 1. The van der Waals surface area contributed by atoms with Gasteiger partial charge in [0.25, 0.3) is 5.22 Å². The van der Waals surface area contributed by atoms with Crippen molar-refractivity contribution in [2.75, 3.05) is 5.32 Å². The van der Waals surface area contributed by atoms with Crippen molar-refractivity contribution in [3.63, 3.8) is 0 Å². The van der Waals surface area contributed by atoms with Crippen LogP contribution in [0.3, 0.4) is 0 Å². The lowest BCUT2D eigenvalue weighted by atomic mass is 10.1. The number of benzene rings is 1. The molecule has 10 heteroatoms. The summed E-state index contributed by atoms with van der Waals surface area (Å²) in [6, 6.07) is 9.52. The number of carbonyl (C=O) groups excluding carboxylic acids is 1. The van der Waals surface area contributed by atoms with E-state index in [2.05, 4.69) is 36.7 Å². The molecule has 4 aromatic rings. The van der Waals surface area contributed by atoms with E-state index in [9.17, 15) is 4.79 Å². The first kappa shape index (κ1) is 20.7. The summed E-state index contributed by atoms with van der Waals surface area (Å²) in [6.07, 6.45) is 3.94. The van der Waals surface area contributed by atoms with Gasteiger partial charge in [-0.2, -0.15) is 4.98 Å². The van der Waals surface area contributed by atoms with Crippen LogP contribution in [0.5, 0.6) is 0 Å². The van der Waals surface area contributed by atoms with Crippen molar-refractivity contribution in [3.05, 3.63) is 65.6 Å². The highest BCUT2D eigenvalue weighted by Gasteiger charge is 2.13. The molecule has 0 saturated heterocycles. The maximum absolute atomic E-state index is 12.2. The molecule has 0 atom stereocenters. The number of anilines is 1. The molecule has 0 radical (unpaired) electrons. The summed E-state index contributed by atoms with van der Waals surface area (Å²) in [5.41, 5.74) is 3.79. The van der Waals surface area contributed by atoms with Crippen LogP contribution >= 0.6 is 11.8 Å². The van der Waals surface area contributed by atoms with Crippen LogP contribution in [0.4, 0.5) is 5.69 Å². The Morgan fingerprint density at radius 2 is 1.87 bits per heavy atom. The molecule has 0 aliphatic rings. The third-order valence-corrected chi connectivity index (χ3v) is 5.05. The van der Waals surface area contributed by atoms with Crippen molar-refractivity contribution in [1.82, 2.24) is 25.3 Å². The number of hydrogen-bond donors (Lipinski definition) is 1. The number of hydrogen-bond acceptors (Lipinski definition) is 9. The van der Waals surface area contributed by atoms with Crippen LogP contribution in [0.1, 0.15) is 29.3 Å². The van der Waals surface area contributed by atoms with Crippen molar-refractivity contribution < 1.29 is 13.7 Å². The quantitative estimate of drug-likeness (QED) is 0.409. The molecule has 3 aromatic heterocycles. The van der Waals surface area contributed by atoms with Gasteiger partial charge in [-0.3, -0.25) is 9.78 Å². The van der Waals surface area contributed by atoms with Gasteiger partial charge in [0.2, 0.25) is 17.7 Å². The molecule has 158 valence electrons. The molecule has 4 rings (SSSR count). The van der Waals surface area contributed by atoms with Crippen molar-refractivity contribution in [3.8, 4) is 11.5 Å². The standard InChI is InChI=1S/C21H20N6O3S/c1-13-9-14(2)11-16(10-13)23-18(28)3-4-19-24-17(27-30-19)12-31-21-26-25-20(29-21)15-5-7-22-8-6-15/h5-11H,3-4,12H2,1-2H3,(H,23,28). The highest BCUT2D eigenvalue weighted by Crippen LogP contribution is 2.24. The van der Waals surface area contributed by atoms with E-state index in [0.29, 0.717) is 35.0 Å². The first-order chi connectivity index (χ1) is 15.0. The lowest BCUT2D eigenvalue weighted by Crippen LogP contribution is -2.12. The maximum Gasteiger partial charge on any atom is 0.277 e. The average molecular weight is 436 g/mol. The van der Waals surface area contributed by atoms with Gasteiger partial charge in [0, 0.05) is 36.5 Å². The summed E-state index contributed by atoms with van der Waals surface area (Å²) in [6.45, 7) is 3.99. The zero-order valence-electron chi connectivity index (χ0n) is 17.0. The fourth-order valence-electron chi connectivity index (χ4n) is 2.95. The van der Waals surface area contributed by atoms with E-state index in [-0.39, 0.29) is 12.3 Å². The Labute approximate surface area is 182 Å². The van der Waals surface area contributed by atoms with Gasteiger partial charge in [-0.25, -0.2) is 0 Å². The first-order valence-electron chi connectivity index (χ1n) is 9.61. The fourth-order valence-corrected chi connectivity index (χ4v) is 3.55. The molecule has 0 unspecified atom stereocenters. The minimum atomic E-state index is -0.103. The molecule has 0 spiro atoms. The van der Waals surface area contributed by atoms with Gasteiger partial charge in [-0.15, -0.1) is 10.2 Å². The molecule has 0 bridgehead atoms. The molecular weight excluding hydrogens is 416 g/mol. The summed E-state index contributed by atoms with van der Waals surface area (Å²) in [7, 11) is 0. The molecule has 0 saturated carbocycles. The molecule has 1 aromatic carbocycles. The Kier molecular flexibility index (Phi) is 6.37. The Hall–Kier alpha value is -3.53. The van der Waals surface area contributed by atoms with Gasteiger partial charge >= 0.3 is 0 Å². The van der Waals surface area contributed by atoms with Gasteiger partial charge in [-0.1, -0.05) is 23.0 Å². The maximum atomic E-state index is 12.2. The normalized spacial score (nSPS) is 10.9. The van der Waals surface area contributed by atoms with E-state index in [1.807, 2.05) is 26.0 Å². The van der Waals surface area contributed by atoms with Crippen LogP contribution in [-0.2, 0) is 17.0 Å². The molecule has 0 aliphatic carbocycles. The summed E-state index contributed by atoms with van der Waals surface area (Å²) >= 11 is 1.31. The van der Waals surface area contributed by atoms with Crippen molar-refractivity contribution in [2.24, 2.45) is 0 Å².